The van der Waals surface area contributed by atoms with Crippen LogP contribution in [0.15, 0.2) is 243 Å². The Morgan fingerprint density at radius 3 is 0.645 bits per heavy atom. The Kier molecular flexibility index (Phi) is 25.1. The largest absolute Gasteiger partial charge is 0.507 e. The minimum Gasteiger partial charge on any atom is -0.507 e. The number of hydrogen-bond acceptors (Lipinski definition) is 14. The van der Waals surface area contributed by atoms with E-state index in [1.54, 1.807) is 113 Å². The van der Waals surface area contributed by atoms with Gasteiger partial charge in [-0.1, -0.05) is 121 Å². The average molecular weight is 1760 g/mol. The Bertz CT molecular complexity index is 6170. The highest BCUT2D eigenvalue weighted by atomic mass is 32.1. The molecule has 16 aromatic rings. The van der Waals surface area contributed by atoms with Crippen molar-refractivity contribution in [2.45, 2.75) is 105 Å². The molecule has 26 heteroatoms. The number of nitriles is 2. The van der Waals surface area contributed by atoms with Gasteiger partial charge < -0.3 is 20.4 Å². The van der Waals surface area contributed by atoms with Gasteiger partial charge in [-0.05, 0) is 240 Å². The first-order valence-corrected chi connectivity index (χ1v) is 41.5. The lowest BCUT2D eigenvalue weighted by Crippen LogP contribution is -2.48. The predicted molar refractivity (Wildman–Crippen MR) is 474 cm³/mol. The molecule has 8 aromatic carbocycles. The van der Waals surface area contributed by atoms with Gasteiger partial charge in [0.2, 0.25) is 0 Å². The minimum absolute atomic E-state index is 0.172. The van der Waals surface area contributed by atoms with Crippen molar-refractivity contribution >= 4 is 111 Å². The minimum atomic E-state index is -5.60. The number of phenols is 4. The maximum absolute atomic E-state index is 15.4. The summed E-state index contributed by atoms with van der Waals surface area (Å²) in [6, 6.07) is 67.9. The molecule has 4 N–H and O–H groups in total. The third-order valence-corrected chi connectivity index (χ3v) is 25.3. The number of halogens is 12. The van der Waals surface area contributed by atoms with E-state index in [9.17, 15) is 38.0 Å². The van der Waals surface area contributed by atoms with Crippen LogP contribution in [0.1, 0.15) is 78.4 Å². The molecule has 124 heavy (non-hydrogen) atoms. The van der Waals surface area contributed by atoms with E-state index in [0.717, 1.165) is 88.4 Å². The second-order valence-electron chi connectivity index (χ2n) is 29.2. The number of alkyl halides is 12. The zero-order chi connectivity index (χ0) is 89.4. The van der Waals surface area contributed by atoms with Gasteiger partial charge >= 0.3 is 35.5 Å². The van der Waals surface area contributed by atoms with Crippen LogP contribution in [0.2, 0.25) is 0 Å². The maximum Gasteiger partial charge on any atom is 0.380 e. The quantitative estimate of drug-likeness (QED) is 0.0963. The van der Waals surface area contributed by atoms with Gasteiger partial charge in [0.25, 0.3) is 0 Å². The first kappa shape index (κ1) is 88.8. The van der Waals surface area contributed by atoms with Gasteiger partial charge in [-0.25, -0.2) is 0 Å². The summed E-state index contributed by atoms with van der Waals surface area (Å²) in [6.07, 6.45) is 6.14. The van der Waals surface area contributed by atoms with Crippen LogP contribution in [-0.4, -0.2) is 75.9 Å². The molecule has 0 saturated carbocycles. The summed E-state index contributed by atoms with van der Waals surface area (Å²) in [7, 11) is 0. The molecule has 0 aliphatic heterocycles. The second kappa shape index (κ2) is 35.1. The normalized spacial score (nSPS) is 14.8. The number of aryl methyl sites for hydroxylation is 8. The highest BCUT2D eigenvalue weighted by Crippen LogP contribution is 2.68. The summed E-state index contributed by atoms with van der Waals surface area (Å²) in [4.78, 5) is 19.3. The number of phenolic OH excluding ortho intramolecular Hbond substituents is 4. The smallest absolute Gasteiger partial charge is 0.380 e. The standard InChI is InChI=1S/2C27H20F6N2S2.2C20H14O2.2C2H3N/c2*1-13-9-17(5-7-34-13)21-11-19(15(3)36-21)23-24(26(30,31)27(32,33)25(23,28)29)20-12-22(37-16(20)4)18-6-8-35-14(2)10-18;2*21-17-11-9-13-5-1-3-7-15(13)19(17)20-16-8-4-2-6-14(16)10-12-18(20)22;2*1-2-3/h2*5-12H,1-4H3;2*1-12,21-22H;2*1H3. The average Bonchev–Trinajstić information content (AvgIpc) is 1.53. The van der Waals surface area contributed by atoms with Crippen LogP contribution in [0.3, 0.4) is 0 Å². The van der Waals surface area contributed by atoms with Crippen LogP contribution in [0, 0.1) is 78.1 Å². The van der Waals surface area contributed by atoms with E-state index in [-0.39, 0.29) is 64.8 Å². The summed E-state index contributed by atoms with van der Waals surface area (Å²) in [6.45, 7) is 15.7. The molecule has 0 saturated heterocycles. The first-order chi connectivity index (χ1) is 58.8. The van der Waals surface area contributed by atoms with Crippen molar-refractivity contribution in [3.63, 3.8) is 0 Å². The summed E-state index contributed by atoms with van der Waals surface area (Å²) in [5.74, 6) is -30.9. The Morgan fingerprint density at radius 1 is 0.274 bits per heavy atom. The number of aromatic hydroxyl groups is 4. The zero-order valence-electron chi connectivity index (χ0n) is 67.7. The number of allylic oxidation sites excluding steroid dienone is 4. The van der Waals surface area contributed by atoms with E-state index < -0.39 is 57.8 Å². The fraction of sp³-hybridized carbons (Fsp3) is 0.163. The molecule has 0 radical (unpaired) electrons. The van der Waals surface area contributed by atoms with Gasteiger partial charge in [-0.3, -0.25) is 19.9 Å². The van der Waals surface area contributed by atoms with Gasteiger partial charge in [0.15, 0.2) is 0 Å². The molecule has 2 aliphatic carbocycles. The Labute approximate surface area is 721 Å². The highest BCUT2D eigenvalue weighted by Gasteiger charge is 2.82. The molecule has 0 fully saturated rings. The number of nitrogens with zero attached hydrogens (tertiary/aromatic N) is 6. The third-order valence-electron chi connectivity index (χ3n) is 20.9. The Morgan fingerprint density at radius 2 is 0.460 bits per heavy atom. The molecule has 8 heterocycles. The van der Waals surface area contributed by atoms with Crippen molar-refractivity contribution < 1.29 is 73.1 Å². The topological polar surface area (TPSA) is 180 Å². The van der Waals surface area contributed by atoms with Crippen molar-refractivity contribution in [3.05, 3.63) is 308 Å². The van der Waals surface area contributed by atoms with Crippen LogP contribution < -0.4 is 0 Å². The lowest BCUT2D eigenvalue weighted by Gasteiger charge is -2.25. The van der Waals surface area contributed by atoms with Crippen LogP contribution >= 0.6 is 45.3 Å². The highest BCUT2D eigenvalue weighted by molar-refractivity contribution is 7.17. The molecule has 0 unspecified atom stereocenters. The number of fused-ring (bicyclic) bond motifs is 4. The summed E-state index contributed by atoms with van der Waals surface area (Å²) >= 11 is 4.32. The van der Waals surface area contributed by atoms with Crippen molar-refractivity contribution in [2.75, 3.05) is 0 Å². The lowest BCUT2D eigenvalue weighted by atomic mass is 9.92. The molecule has 2 aliphatic rings. The first-order valence-electron chi connectivity index (χ1n) is 38.2. The van der Waals surface area contributed by atoms with Crippen LogP contribution in [0.5, 0.6) is 23.0 Å². The van der Waals surface area contributed by atoms with Crippen LogP contribution in [-0.2, 0) is 0 Å². The summed E-state index contributed by atoms with van der Waals surface area (Å²) in [5.41, 5.74) is 1.37. The number of pyridine rings is 4. The molecule has 18 rings (SSSR count). The number of benzene rings is 8. The van der Waals surface area contributed by atoms with Gasteiger partial charge in [0.1, 0.15) is 23.0 Å². The molecule has 0 spiro atoms. The van der Waals surface area contributed by atoms with Crippen molar-refractivity contribution in [3.8, 4) is 99.2 Å². The molecule has 628 valence electrons. The number of rotatable bonds is 10. The second-order valence-corrected chi connectivity index (χ2v) is 34.2. The fourth-order valence-electron chi connectivity index (χ4n) is 15.2. The number of hydrogen-bond donors (Lipinski definition) is 4. The molecule has 0 atom stereocenters. The van der Waals surface area contributed by atoms with E-state index in [1.165, 1.54) is 90.6 Å². The van der Waals surface area contributed by atoms with E-state index in [1.807, 2.05) is 121 Å². The monoisotopic (exact) mass is 1750 g/mol. The van der Waals surface area contributed by atoms with E-state index in [2.05, 4.69) is 19.9 Å². The Hall–Kier alpha value is -13.0. The maximum atomic E-state index is 15.4. The zero-order valence-corrected chi connectivity index (χ0v) is 71.0. The number of aromatic nitrogens is 4. The molecule has 0 amide bonds. The Balaban J connectivity index is 0.000000142. The van der Waals surface area contributed by atoms with Gasteiger partial charge in [0.05, 0.1) is 12.1 Å². The van der Waals surface area contributed by atoms with E-state index in [4.69, 9.17) is 10.5 Å². The number of thiophene rings is 4. The fourth-order valence-corrected chi connectivity index (χ4v) is 19.3. The summed E-state index contributed by atoms with van der Waals surface area (Å²) in [5, 5.41) is 64.2. The molecule has 8 aromatic heterocycles. The van der Waals surface area contributed by atoms with Gasteiger partial charge in [-0.2, -0.15) is 63.2 Å². The predicted octanol–water partition coefficient (Wildman–Crippen LogP) is 29.2. The van der Waals surface area contributed by atoms with Gasteiger partial charge in [-0.15, -0.1) is 45.3 Å². The van der Waals surface area contributed by atoms with Crippen molar-refractivity contribution in [1.82, 2.24) is 19.9 Å². The van der Waals surface area contributed by atoms with Crippen molar-refractivity contribution in [2.24, 2.45) is 0 Å². The lowest BCUT2D eigenvalue weighted by molar-refractivity contribution is -0.254. The SMILES string of the molecule is CC#N.CC#N.Cc1cc(-c2cc(C3=C(c4cc(-c5ccnc(C)c5)sc4C)C(F)(F)C(F)(F)C3(F)F)c(C)s2)ccn1.Cc1cc(-c2cc(C3=C(c4cc(-c5ccnc(C)c5)sc4C)C(F)(F)C(F)(F)C3(F)F)c(C)s2)ccn1.Oc1ccc2ccccc2c1-c1c(O)ccc2ccccc12.Oc1ccc2ccccc2c1-c1c(O)ccc2ccccc12. The molecular weight excluding hydrogens is 1680 g/mol. The molecular formula is C98H74F12N6O4S4. The third kappa shape index (κ3) is 16.3. The van der Waals surface area contributed by atoms with Crippen molar-refractivity contribution in [1.29, 1.82) is 10.5 Å². The van der Waals surface area contributed by atoms with Gasteiger partial charge in [0, 0.05) is 145 Å². The van der Waals surface area contributed by atoms with E-state index in [0.29, 0.717) is 86.8 Å². The summed E-state index contributed by atoms with van der Waals surface area (Å²) < 4.78 is 182. The van der Waals surface area contributed by atoms with Crippen LogP contribution in [0.4, 0.5) is 52.7 Å². The molecule has 0 bridgehead atoms. The van der Waals surface area contributed by atoms with Crippen LogP contribution in [0.25, 0.3) is 129 Å². The van der Waals surface area contributed by atoms with E-state index >= 15 is 35.1 Å². The molecule has 10 nitrogen and oxygen atoms in total.